The first kappa shape index (κ1) is 19.9. The lowest BCUT2D eigenvalue weighted by Crippen LogP contribution is -2.35. The van der Waals surface area contributed by atoms with Crippen LogP contribution in [-0.2, 0) is 16.6 Å². The number of nitrogens with zero attached hydrogens (tertiary/aromatic N) is 2. The predicted octanol–water partition coefficient (Wildman–Crippen LogP) is 4.23. The van der Waals surface area contributed by atoms with Crippen molar-refractivity contribution in [3.63, 3.8) is 0 Å². The monoisotopic (exact) mass is 431 g/mol. The molecule has 0 aliphatic carbocycles. The van der Waals surface area contributed by atoms with Crippen LogP contribution in [0.3, 0.4) is 0 Å². The lowest BCUT2D eigenvalue weighted by Gasteiger charge is -2.25. The van der Waals surface area contributed by atoms with Crippen molar-refractivity contribution < 1.29 is 13.2 Å². The molecule has 2 aromatic carbocycles. The van der Waals surface area contributed by atoms with Gasteiger partial charge in [0, 0.05) is 31.2 Å². The number of amides is 1. The Morgan fingerprint density at radius 3 is 2.41 bits per heavy atom. The summed E-state index contributed by atoms with van der Waals surface area (Å²) in [7, 11) is -3.45. The van der Waals surface area contributed by atoms with Gasteiger partial charge in [-0.25, -0.2) is 13.2 Å². The lowest BCUT2D eigenvalue weighted by molar-refractivity contribution is 0.243. The molecule has 1 fully saturated rings. The van der Waals surface area contributed by atoms with Crippen molar-refractivity contribution in [3.8, 4) is 0 Å². The predicted molar refractivity (Wildman–Crippen MR) is 114 cm³/mol. The summed E-state index contributed by atoms with van der Waals surface area (Å²) in [6.07, 6.45) is 4.48. The Morgan fingerprint density at radius 1 is 1.00 bits per heavy atom. The molecule has 29 heavy (non-hydrogen) atoms. The molecule has 1 aliphatic heterocycles. The summed E-state index contributed by atoms with van der Waals surface area (Å²) in [6, 6.07) is 13.8. The highest BCUT2D eigenvalue weighted by Gasteiger charge is 2.25. The molecule has 0 spiro atoms. The Balaban J connectivity index is 1.44. The number of nitrogens with one attached hydrogen (secondary N) is 1. The summed E-state index contributed by atoms with van der Waals surface area (Å²) < 4.78 is 28.5. The number of fused-ring (bicyclic) bond motifs is 1. The van der Waals surface area contributed by atoms with E-state index in [1.807, 2.05) is 24.3 Å². The minimum atomic E-state index is -3.45. The van der Waals surface area contributed by atoms with E-state index in [-0.39, 0.29) is 17.5 Å². The number of aromatic nitrogens is 1. The third kappa shape index (κ3) is 4.03. The SMILES string of the molecule is O=C(NCc1ccc(S(=O)(=O)N2CCCCC2)cc1)n1cc(Cl)c2ccccc21. The first-order chi connectivity index (χ1) is 14.0. The molecule has 4 rings (SSSR count). The number of piperidine rings is 1. The van der Waals surface area contributed by atoms with Gasteiger partial charge in [-0.3, -0.25) is 4.57 Å². The van der Waals surface area contributed by atoms with Crippen molar-refractivity contribution in [2.75, 3.05) is 13.1 Å². The van der Waals surface area contributed by atoms with Crippen LogP contribution < -0.4 is 5.32 Å². The summed E-state index contributed by atoms with van der Waals surface area (Å²) in [5, 5.41) is 4.18. The highest BCUT2D eigenvalue weighted by Crippen LogP contribution is 2.25. The Morgan fingerprint density at radius 2 is 1.69 bits per heavy atom. The van der Waals surface area contributed by atoms with E-state index < -0.39 is 10.0 Å². The fraction of sp³-hybridized carbons (Fsp3) is 0.286. The minimum Gasteiger partial charge on any atom is -0.333 e. The minimum absolute atomic E-state index is 0.285. The van der Waals surface area contributed by atoms with Crippen LogP contribution in [0, 0.1) is 0 Å². The molecular weight excluding hydrogens is 410 g/mol. The largest absolute Gasteiger partial charge is 0.333 e. The maximum absolute atomic E-state index is 12.7. The van der Waals surface area contributed by atoms with Crippen molar-refractivity contribution in [1.82, 2.24) is 14.2 Å². The second-order valence-electron chi connectivity index (χ2n) is 7.13. The number of rotatable bonds is 4. The zero-order valence-corrected chi connectivity index (χ0v) is 17.4. The average molecular weight is 432 g/mol. The molecule has 8 heteroatoms. The van der Waals surface area contributed by atoms with Crippen LogP contribution in [0.4, 0.5) is 4.79 Å². The number of para-hydroxylation sites is 1. The molecule has 1 aromatic heterocycles. The third-order valence-corrected chi connectivity index (χ3v) is 7.42. The lowest BCUT2D eigenvalue weighted by atomic mass is 10.2. The zero-order valence-electron chi connectivity index (χ0n) is 15.8. The molecule has 1 N–H and O–H groups in total. The standard InChI is InChI=1S/C21H22ClN3O3S/c22-19-15-25(20-7-3-2-6-18(19)20)21(26)23-14-16-8-10-17(11-9-16)29(27,28)24-12-4-1-5-13-24/h2-3,6-11,15H,1,4-5,12-14H2,(H,23,26). The van der Waals surface area contributed by atoms with E-state index in [1.165, 1.54) is 4.57 Å². The number of halogens is 1. The smallest absolute Gasteiger partial charge is 0.326 e. The van der Waals surface area contributed by atoms with E-state index in [1.54, 1.807) is 34.8 Å². The second kappa shape index (κ2) is 8.18. The van der Waals surface area contributed by atoms with E-state index in [9.17, 15) is 13.2 Å². The van der Waals surface area contributed by atoms with Gasteiger partial charge in [0.1, 0.15) is 0 Å². The Kier molecular flexibility index (Phi) is 5.63. The normalized spacial score (nSPS) is 15.5. The highest BCUT2D eigenvalue weighted by molar-refractivity contribution is 7.89. The molecule has 1 aliphatic rings. The molecule has 0 unspecified atom stereocenters. The molecule has 0 radical (unpaired) electrons. The van der Waals surface area contributed by atoms with Crippen LogP contribution in [0.1, 0.15) is 24.8 Å². The highest BCUT2D eigenvalue weighted by atomic mass is 35.5. The van der Waals surface area contributed by atoms with E-state index >= 15 is 0 Å². The third-order valence-electron chi connectivity index (χ3n) is 5.20. The molecule has 1 amide bonds. The van der Waals surface area contributed by atoms with Gasteiger partial charge in [-0.15, -0.1) is 0 Å². The van der Waals surface area contributed by atoms with E-state index in [2.05, 4.69) is 5.32 Å². The van der Waals surface area contributed by atoms with Gasteiger partial charge in [0.25, 0.3) is 0 Å². The molecule has 1 saturated heterocycles. The first-order valence-electron chi connectivity index (χ1n) is 9.60. The van der Waals surface area contributed by atoms with Crippen LogP contribution in [0.25, 0.3) is 10.9 Å². The molecule has 2 heterocycles. The van der Waals surface area contributed by atoms with Crippen molar-refractivity contribution in [2.24, 2.45) is 0 Å². The van der Waals surface area contributed by atoms with E-state index in [0.29, 0.717) is 18.1 Å². The van der Waals surface area contributed by atoms with E-state index in [0.717, 1.165) is 35.7 Å². The van der Waals surface area contributed by atoms with Crippen molar-refractivity contribution in [2.45, 2.75) is 30.7 Å². The Bertz CT molecular complexity index is 1130. The van der Waals surface area contributed by atoms with Gasteiger partial charge in [0.05, 0.1) is 15.4 Å². The molecule has 0 bridgehead atoms. The number of sulfonamides is 1. The summed E-state index contributed by atoms with van der Waals surface area (Å²) in [5.74, 6) is 0. The summed E-state index contributed by atoms with van der Waals surface area (Å²) in [5.41, 5.74) is 1.55. The van der Waals surface area contributed by atoms with Gasteiger partial charge in [-0.1, -0.05) is 48.4 Å². The summed E-state index contributed by atoms with van der Waals surface area (Å²) in [4.78, 5) is 12.9. The van der Waals surface area contributed by atoms with Gasteiger partial charge in [0.15, 0.2) is 0 Å². The van der Waals surface area contributed by atoms with E-state index in [4.69, 9.17) is 11.6 Å². The van der Waals surface area contributed by atoms with Crippen LogP contribution in [0.2, 0.25) is 5.02 Å². The zero-order chi connectivity index (χ0) is 20.4. The van der Waals surface area contributed by atoms with Gasteiger partial charge >= 0.3 is 6.03 Å². The number of hydrogen-bond acceptors (Lipinski definition) is 3. The Hall–Kier alpha value is -2.35. The Labute approximate surface area is 175 Å². The summed E-state index contributed by atoms with van der Waals surface area (Å²) >= 11 is 6.20. The quantitative estimate of drug-likeness (QED) is 0.672. The maximum atomic E-state index is 12.7. The molecule has 3 aromatic rings. The van der Waals surface area contributed by atoms with Crippen LogP contribution in [-0.4, -0.2) is 36.4 Å². The van der Waals surface area contributed by atoms with Crippen LogP contribution >= 0.6 is 11.6 Å². The molecule has 0 saturated carbocycles. The fourth-order valence-electron chi connectivity index (χ4n) is 3.60. The van der Waals surface area contributed by atoms with Crippen molar-refractivity contribution in [1.29, 1.82) is 0 Å². The van der Waals surface area contributed by atoms with Crippen LogP contribution in [0.15, 0.2) is 59.6 Å². The maximum Gasteiger partial charge on any atom is 0.326 e. The fourth-order valence-corrected chi connectivity index (χ4v) is 5.38. The van der Waals surface area contributed by atoms with Gasteiger partial charge < -0.3 is 5.32 Å². The molecule has 152 valence electrons. The number of carbonyl (C=O) groups excluding carboxylic acids is 1. The summed E-state index contributed by atoms with van der Waals surface area (Å²) in [6.45, 7) is 1.44. The van der Waals surface area contributed by atoms with Gasteiger partial charge in [-0.2, -0.15) is 4.31 Å². The van der Waals surface area contributed by atoms with Gasteiger partial charge in [-0.05, 0) is 36.6 Å². The molecule has 0 atom stereocenters. The van der Waals surface area contributed by atoms with Crippen molar-refractivity contribution >= 4 is 38.6 Å². The molecular formula is C21H22ClN3O3S. The van der Waals surface area contributed by atoms with Crippen molar-refractivity contribution in [3.05, 3.63) is 65.3 Å². The first-order valence-corrected chi connectivity index (χ1v) is 11.4. The topological polar surface area (TPSA) is 71.4 Å². The van der Waals surface area contributed by atoms with Crippen LogP contribution in [0.5, 0.6) is 0 Å². The second-order valence-corrected chi connectivity index (χ2v) is 9.48. The number of benzene rings is 2. The number of hydrogen-bond donors (Lipinski definition) is 1. The average Bonchev–Trinajstić information content (AvgIpc) is 3.10. The molecule has 6 nitrogen and oxygen atoms in total. The van der Waals surface area contributed by atoms with Gasteiger partial charge in [0.2, 0.25) is 10.0 Å². The number of carbonyl (C=O) groups is 1.